The van der Waals surface area contributed by atoms with Crippen molar-refractivity contribution in [2.75, 3.05) is 26.2 Å². The summed E-state index contributed by atoms with van der Waals surface area (Å²) in [7, 11) is 0. The molecule has 0 unspecified atom stereocenters. The van der Waals surface area contributed by atoms with Crippen LogP contribution in [0.25, 0.3) is 0 Å². The quantitative estimate of drug-likeness (QED) is 0.562. The molecule has 3 aliphatic rings. The second-order valence-corrected chi connectivity index (χ2v) is 8.17. The zero-order valence-corrected chi connectivity index (χ0v) is 16.7. The molecule has 7 heteroatoms. The van der Waals surface area contributed by atoms with Gasteiger partial charge in [-0.2, -0.15) is 0 Å². The van der Waals surface area contributed by atoms with Crippen LogP contribution in [-0.4, -0.2) is 53.7 Å². The first-order chi connectivity index (χ1) is 14.1. The number of amides is 3. The number of hydrogen-bond donors (Lipinski definition) is 1. The summed E-state index contributed by atoms with van der Waals surface area (Å²) in [6.07, 6.45) is 10.5. The van der Waals surface area contributed by atoms with Crippen molar-refractivity contribution in [2.45, 2.75) is 44.6 Å². The van der Waals surface area contributed by atoms with Gasteiger partial charge in [0, 0.05) is 19.5 Å². The average molecular weight is 399 g/mol. The molecule has 1 N–H and O–H groups in total. The maximum Gasteiger partial charge on any atom is 0.233 e. The van der Waals surface area contributed by atoms with Gasteiger partial charge in [-0.1, -0.05) is 18.6 Å². The fraction of sp³-hybridized carbons (Fsp3) is 0.591. The first-order valence-corrected chi connectivity index (χ1v) is 10.7. The molecule has 2 aliphatic heterocycles. The highest BCUT2D eigenvalue weighted by atomic mass is 16.3. The SMILES string of the molecule is O=C(CCN1C(=O)[C@H]2CC=CC[C@H]2C1=O)NC[C@H](c1ccco1)N1CCCCC1. The number of carbonyl (C=O) groups is 3. The smallest absolute Gasteiger partial charge is 0.233 e. The summed E-state index contributed by atoms with van der Waals surface area (Å²) in [5, 5.41) is 2.98. The largest absolute Gasteiger partial charge is 0.468 e. The minimum absolute atomic E-state index is 0.0123. The summed E-state index contributed by atoms with van der Waals surface area (Å²) in [5.74, 6) is -0.0188. The van der Waals surface area contributed by atoms with Crippen LogP contribution in [0.1, 0.15) is 50.3 Å². The molecular weight excluding hydrogens is 370 g/mol. The Kier molecular flexibility index (Phi) is 6.13. The Morgan fingerprint density at radius 2 is 1.79 bits per heavy atom. The Bertz CT molecular complexity index is 741. The van der Waals surface area contributed by atoms with E-state index >= 15 is 0 Å². The topological polar surface area (TPSA) is 82.9 Å². The molecule has 0 radical (unpaired) electrons. The van der Waals surface area contributed by atoms with Crippen LogP contribution in [0.5, 0.6) is 0 Å². The van der Waals surface area contributed by atoms with Crippen LogP contribution in [0.2, 0.25) is 0 Å². The number of hydrogen-bond acceptors (Lipinski definition) is 5. The minimum Gasteiger partial charge on any atom is -0.468 e. The first-order valence-electron chi connectivity index (χ1n) is 10.7. The Morgan fingerprint density at radius 3 is 2.41 bits per heavy atom. The van der Waals surface area contributed by atoms with Crippen molar-refractivity contribution in [3.8, 4) is 0 Å². The second kappa shape index (κ2) is 8.95. The van der Waals surface area contributed by atoms with Crippen LogP contribution < -0.4 is 5.32 Å². The van der Waals surface area contributed by atoms with E-state index in [1.54, 1.807) is 6.26 Å². The van der Waals surface area contributed by atoms with E-state index < -0.39 is 0 Å². The Hall–Kier alpha value is -2.41. The van der Waals surface area contributed by atoms with Gasteiger partial charge in [0.2, 0.25) is 17.7 Å². The number of nitrogens with zero attached hydrogens (tertiary/aromatic N) is 2. The molecule has 3 heterocycles. The lowest BCUT2D eigenvalue weighted by molar-refractivity contribution is -0.140. The highest BCUT2D eigenvalue weighted by Gasteiger charge is 2.46. The number of fused-ring (bicyclic) bond motifs is 1. The normalized spacial score (nSPS) is 25.9. The third-order valence-corrected chi connectivity index (χ3v) is 6.36. The summed E-state index contributed by atoms with van der Waals surface area (Å²) in [6, 6.07) is 3.83. The van der Waals surface area contributed by atoms with E-state index in [0.29, 0.717) is 19.4 Å². The van der Waals surface area contributed by atoms with E-state index in [4.69, 9.17) is 4.42 Å². The highest BCUT2D eigenvalue weighted by Crippen LogP contribution is 2.35. The van der Waals surface area contributed by atoms with Crippen molar-refractivity contribution < 1.29 is 18.8 Å². The Morgan fingerprint density at radius 1 is 1.10 bits per heavy atom. The van der Waals surface area contributed by atoms with E-state index in [9.17, 15) is 14.4 Å². The van der Waals surface area contributed by atoms with Crippen molar-refractivity contribution in [1.29, 1.82) is 0 Å². The lowest BCUT2D eigenvalue weighted by Crippen LogP contribution is -2.41. The lowest BCUT2D eigenvalue weighted by atomic mass is 9.85. The third-order valence-electron chi connectivity index (χ3n) is 6.36. The standard InChI is InChI=1S/C22H29N3O4/c26-20(10-13-25-21(27)16-7-2-3-8-17(16)22(25)28)23-15-18(19-9-6-14-29-19)24-11-4-1-5-12-24/h2-3,6,9,14,16-18H,1,4-5,7-8,10-13,15H2,(H,23,26)/t16-,17+,18-/m1/s1. The van der Waals surface area contributed by atoms with Gasteiger partial charge >= 0.3 is 0 Å². The summed E-state index contributed by atoms with van der Waals surface area (Å²) in [4.78, 5) is 41.1. The highest BCUT2D eigenvalue weighted by molar-refractivity contribution is 6.05. The Labute approximate surface area is 171 Å². The number of allylic oxidation sites excluding steroid dienone is 2. The molecule has 3 amide bonds. The predicted octanol–water partition coefficient (Wildman–Crippen LogP) is 2.26. The number of carbonyl (C=O) groups excluding carboxylic acids is 3. The van der Waals surface area contributed by atoms with E-state index in [1.165, 1.54) is 11.3 Å². The molecule has 0 saturated carbocycles. The maximum absolute atomic E-state index is 12.5. The van der Waals surface area contributed by atoms with Crippen LogP contribution in [0.15, 0.2) is 35.0 Å². The average Bonchev–Trinajstić information content (AvgIpc) is 3.36. The number of rotatable bonds is 7. The molecule has 0 bridgehead atoms. The molecule has 1 aromatic heterocycles. The molecule has 29 heavy (non-hydrogen) atoms. The molecule has 156 valence electrons. The summed E-state index contributed by atoms with van der Waals surface area (Å²) in [6.45, 7) is 2.61. The molecule has 1 aliphatic carbocycles. The molecule has 0 spiro atoms. The third kappa shape index (κ3) is 4.29. The zero-order valence-electron chi connectivity index (χ0n) is 16.7. The van der Waals surface area contributed by atoms with Crippen molar-refractivity contribution in [2.24, 2.45) is 11.8 Å². The summed E-state index contributed by atoms with van der Waals surface area (Å²) in [5.41, 5.74) is 0. The summed E-state index contributed by atoms with van der Waals surface area (Å²) < 4.78 is 5.61. The van der Waals surface area contributed by atoms with Gasteiger partial charge < -0.3 is 9.73 Å². The van der Waals surface area contributed by atoms with Gasteiger partial charge in [-0.15, -0.1) is 0 Å². The number of piperidine rings is 1. The number of furan rings is 1. The number of nitrogens with one attached hydrogen (secondary N) is 1. The van der Waals surface area contributed by atoms with Crippen LogP contribution in [-0.2, 0) is 14.4 Å². The van der Waals surface area contributed by atoms with Gasteiger partial charge in [0.15, 0.2) is 0 Å². The number of likely N-dealkylation sites (tertiary alicyclic amines) is 2. The fourth-order valence-electron chi connectivity index (χ4n) is 4.72. The van der Waals surface area contributed by atoms with Gasteiger partial charge in [-0.05, 0) is 50.9 Å². The van der Waals surface area contributed by atoms with Gasteiger partial charge in [-0.25, -0.2) is 0 Å². The maximum atomic E-state index is 12.5. The Balaban J connectivity index is 1.30. The molecule has 1 aromatic rings. The summed E-state index contributed by atoms with van der Waals surface area (Å²) >= 11 is 0. The van der Waals surface area contributed by atoms with E-state index in [2.05, 4.69) is 10.2 Å². The molecule has 2 fully saturated rings. The lowest BCUT2D eigenvalue weighted by Gasteiger charge is -2.33. The monoisotopic (exact) mass is 399 g/mol. The van der Waals surface area contributed by atoms with Gasteiger partial charge in [0.1, 0.15) is 5.76 Å². The first kappa shape index (κ1) is 19.9. The van der Waals surface area contributed by atoms with Crippen LogP contribution in [0.4, 0.5) is 0 Å². The van der Waals surface area contributed by atoms with Gasteiger partial charge in [0.25, 0.3) is 0 Å². The second-order valence-electron chi connectivity index (χ2n) is 8.17. The van der Waals surface area contributed by atoms with Crippen LogP contribution >= 0.6 is 0 Å². The minimum atomic E-state index is -0.238. The van der Waals surface area contributed by atoms with E-state index in [1.807, 2.05) is 24.3 Å². The molecule has 2 saturated heterocycles. The number of imide groups is 1. The van der Waals surface area contributed by atoms with Crippen LogP contribution in [0.3, 0.4) is 0 Å². The van der Waals surface area contributed by atoms with Crippen molar-refractivity contribution >= 4 is 17.7 Å². The zero-order chi connectivity index (χ0) is 20.2. The molecule has 7 nitrogen and oxygen atoms in total. The van der Waals surface area contributed by atoms with Crippen molar-refractivity contribution in [3.63, 3.8) is 0 Å². The van der Waals surface area contributed by atoms with Crippen molar-refractivity contribution in [3.05, 3.63) is 36.3 Å². The predicted molar refractivity (Wildman–Crippen MR) is 107 cm³/mol. The molecule has 3 atom stereocenters. The van der Waals surface area contributed by atoms with Crippen LogP contribution in [0, 0.1) is 11.8 Å². The van der Waals surface area contributed by atoms with E-state index in [-0.39, 0.29) is 48.6 Å². The molecule has 4 rings (SSSR count). The van der Waals surface area contributed by atoms with Crippen molar-refractivity contribution in [1.82, 2.24) is 15.1 Å². The van der Waals surface area contributed by atoms with E-state index in [0.717, 1.165) is 31.7 Å². The van der Waals surface area contributed by atoms with Gasteiger partial charge in [-0.3, -0.25) is 24.2 Å². The fourth-order valence-corrected chi connectivity index (χ4v) is 4.72. The molecular formula is C22H29N3O4. The van der Waals surface area contributed by atoms with Gasteiger partial charge in [0.05, 0.1) is 24.1 Å². The molecule has 0 aromatic carbocycles.